The molecule has 0 N–H and O–H groups in total. The van der Waals surface area contributed by atoms with Crippen LogP contribution in [0.3, 0.4) is 0 Å². The Hall–Kier alpha value is -2.86. The van der Waals surface area contributed by atoms with E-state index in [1.165, 1.54) is 4.52 Å². The zero-order valence-electron chi connectivity index (χ0n) is 13.0. The van der Waals surface area contributed by atoms with Crippen LogP contribution in [0.1, 0.15) is 0 Å². The van der Waals surface area contributed by atoms with Gasteiger partial charge in [-0.05, 0) is 48.0 Å². The SMILES string of the molecule is COc1ccc(-c2nc3c4ccc(OC)cc4nc(Cl)n3n2)cc1. The fourth-order valence-corrected chi connectivity index (χ4v) is 2.75. The summed E-state index contributed by atoms with van der Waals surface area (Å²) in [6.07, 6.45) is 0. The largest absolute Gasteiger partial charge is 0.497 e. The molecule has 0 atom stereocenters. The van der Waals surface area contributed by atoms with Crippen molar-refractivity contribution < 1.29 is 9.47 Å². The molecule has 0 unspecified atom stereocenters. The average molecular weight is 341 g/mol. The smallest absolute Gasteiger partial charge is 0.226 e. The van der Waals surface area contributed by atoms with Crippen LogP contribution in [0.5, 0.6) is 11.5 Å². The number of methoxy groups -OCH3 is 2. The summed E-state index contributed by atoms with van der Waals surface area (Å²) in [6.45, 7) is 0. The van der Waals surface area contributed by atoms with Crippen LogP contribution < -0.4 is 9.47 Å². The van der Waals surface area contributed by atoms with E-state index in [0.29, 0.717) is 22.7 Å². The third kappa shape index (κ3) is 2.32. The summed E-state index contributed by atoms with van der Waals surface area (Å²) in [6, 6.07) is 13.1. The van der Waals surface area contributed by atoms with Crippen molar-refractivity contribution in [2.45, 2.75) is 0 Å². The summed E-state index contributed by atoms with van der Waals surface area (Å²) < 4.78 is 11.9. The second-order valence-electron chi connectivity index (χ2n) is 5.16. The number of fused-ring (bicyclic) bond motifs is 3. The minimum Gasteiger partial charge on any atom is -0.497 e. The molecule has 0 saturated heterocycles. The molecule has 0 fully saturated rings. The number of rotatable bonds is 3. The van der Waals surface area contributed by atoms with Crippen LogP contribution in [0, 0.1) is 0 Å². The average Bonchev–Trinajstić information content (AvgIpc) is 3.07. The fraction of sp³-hybridized carbons (Fsp3) is 0.118. The zero-order chi connectivity index (χ0) is 16.7. The van der Waals surface area contributed by atoms with Crippen molar-refractivity contribution >= 4 is 28.2 Å². The van der Waals surface area contributed by atoms with Crippen LogP contribution in [0.25, 0.3) is 27.9 Å². The second kappa shape index (κ2) is 5.65. The summed E-state index contributed by atoms with van der Waals surface area (Å²) in [4.78, 5) is 9.00. The number of halogens is 1. The molecule has 0 spiro atoms. The van der Waals surface area contributed by atoms with E-state index in [9.17, 15) is 0 Å². The lowest BCUT2D eigenvalue weighted by atomic mass is 10.2. The molecule has 2 heterocycles. The molecule has 0 aliphatic carbocycles. The Morgan fingerprint density at radius 2 is 1.62 bits per heavy atom. The van der Waals surface area contributed by atoms with Crippen LogP contribution in [0.15, 0.2) is 42.5 Å². The monoisotopic (exact) mass is 340 g/mol. The van der Waals surface area contributed by atoms with Crippen molar-refractivity contribution in [3.8, 4) is 22.9 Å². The van der Waals surface area contributed by atoms with E-state index in [-0.39, 0.29) is 5.28 Å². The van der Waals surface area contributed by atoms with Gasteiger partial charge in [-0.3, -0.25) is 0 Å². The molecule has 0 aliphatic heterocycles. The highest BCUT2D eigenvalue weighted by Crippen LogP contribution is 2.27. The van der Waals surface area contributed by atoms with Gasteiger partial charge >= 0.3 is 0 Å². The molecule has 7 heteroatoms. The predicted molar refractivity (Wildman–Crippen MR) is 91.8 cm³/mol. The first-order chi connectivity index (χ1) is 11.7. The summed E-state index contributed by atoms with van der Waals surface area (Å²) in [7, 11) is 3.24. The standard InChI is InChI=1S/C17H13ClN4O2/c1-23-11-5-3-10(4-6-11)15-20-16-13-8-7-12(24-2)9-14(13)19-17(18)22(16)21-15/h3-9H,1-2H3. The zero-order valence-corrected chi connectivity index (χ0v) is 13.8. The van der Waals surface area contributed by atoms with Crippen molar-refractivity contribution in [3.63, 3.8) is 0 Å². The number of ether oxygens (including phenoxy) is 2. The first-order valence-corrected chi connectivity index (χ1v) is 7.62. The molecule has 120 valence electrons. The first-order valence-electron chi connectivity index (χ1n) is 7.24. The third-order valence-corrected chi connectivity index (χ3v) is 4.03. The van der Waals surface area contributed by atoms with E-state index in [1.54, 1.807) is 14.2 Å². The first kappa shape index (κ1) is 14.7. The maximum Gasteiger partial charge on any atom is 0.226 e. The van der Waals surface area contributed by atoms with Gasteiger partial charge in [0.05, 0.1) is 19.7 Å². The van der Waals surface area contributed by atoms with Gasteiger partial charge in [0.15, 0.2) is 11.5 Å². The third-order valence-electron chi connectivity index (χ3n) is 3.79. The molecular weight excluding hydrogens is 328 g/mol. The minimum atomic E-state index is 0.248. The molecule has 2 aromatic heterocycles. The number of hydrogen-bond acceptors (Lipinski definition) is 5. The molecule has 2 aromatic carbocycles. The number of nitrogens with zero attached hydrogens (tertiary/aromatic N) is 4. The highest BCUT2D eigenvalue weighted by molar-refractivity contribution is 6.29. The van der Waals surface area contributed by atoms with Crippen molar-refractivity contribution in [1.29, 1.82) is 0 Å². The predicted octanol–water partition coefficient (Wildman–Crippen LogP) is 3.62. The molecule has 0 aliphatic rings. The number of aromatic nitrogens is 4. The Bertz CT molecular complexity index is 1040. The van der Waals surface area contributed by atoms with Crippen molar-refractivity contribution in [1.82, 2.24) is 19.6 Å². The van der Waals surface area contributed by atoms with E-state index in [2.05, 4.69) is 15.1 Å². The van der Waals surface area contributed by atoms with Gasteiger partial charge in [0, 0.05) is 17.0 Å². The van der Waals surface area contributed by atoms with Crippen molar-refractivity contribution in [2.24, 2.45) is 0 Å². The Morgan fingerprint density at radius 3 is 2.33 bits per heavy atom. The molecule has 0 amide bonds. The molecular formula is C17H13ClN4O2. The molecule has 24 heavy (non-hydrogen) atoms. The molecule has 0 saturated carbocycles. The Morgan fingerprint density at radius 1 is 0.917 bits per heavy atom. The maximum atomic E-state index is 6.27. The highest BCUT2D eigenvalue weighted by atomic mass is 35.5. The van der Waals surface area contributed by atoms with Crippen LogP contribution in [0.2, 0.25) is 5.28 Å². The van der Waals surface area contributed by atoms with Crippen molar-refractivity contribution in [3.05, 3.63) is 47.7 Å². The summed E-state index contributed by atoms with van der Waals surface area (Å²) in [5.41, 5.74) is 2.23. The Balaban J connectivity index is 1.93. The van der Waals surface area contributed by atoms with Gasteiger partial charge in [-0.1, -0.05) is 0 Å². The summed E-state index contributed by atoms with van der Waals surface area (Å²) in [5, 5.41) is 5.57. The van der Waals surface area contributed by atoms with E-state index < -0.39 is 0 Å². The van der Waals surface area contributed by atoms with E-state index >= 15 is 0 Å². The van der Waals surface area contributed by atoms with E-state index in [4.69, 9.17) is 21.1 Å². The van der Waals surface area contributed by atoms with Gasteiger partial charge in [-0.25, -0.2) is 9.97 Å². The van der Waals surface area contributed by atoms with E-state index in [1.807, 2.05) is 42.5 Å². The fourth-order valence-electron chi connectivity index (χ4n) is 2.54. The van der Waals surface area contributed by atoms with Gasteiger partial charge in [-0.15, -0.1) is 5.10 Å². The van der Waals surface area contributed by atoms with Crippen LogP contribution in [-0.4, -0.2) is 33.8 Å². The van der Waals surface area contributed by atoms with Crippen LogP contribution >= 0.6 is 11.6 Å². The lowest BCUT2D eigenvalue weighted by molar-refractivity contribution is 0.415. The van der Waals surface area contributed by atoms with Crippen LogP contribution in [0.4, 0.5) is 0 Å². The second-order valence-corrected chi connectivity index (χ2v) is 5.50. The Labute approximate surface area is 142 Å². The van der Waals surface area contributed by atoms with Gasteiger partial charge in [0.1, 0.15) is 11.5 Å². The normalized spacial score (nSPS) is 11.1. The van der Waals surface area contributed by atoms with Crippen molar-refractivity contribution in [2.75, 3.05) is 14.2 Å². The van der Waals surface area contributed by atoms with Gasteiger partial charge in [-0.2, -0.15) is 4.52 Å². The molecule has 4 rings (SSSR count). The summed E-state index contributed by atoms with van der Waals surface area (Å²) >= 11 is 6.27. The number of hydrogen-bond donors (Lipinski definition) is 0. The highest BCUT2D eigenvalue weighted by Gasteiger charge is 2.14. The van der Waals surface area contributed by atoms with Gasteiger partial charge < -0.3 is 9.47 Å². The maximum absolute atomic E-state index is 6.27. The molecule has 0 bridgehead atoms. The van der Waals surface area contributed by atoms with Gasteiger partial charge in [0.25, 0.3) is 0 Å². The number of benzene rings is 2. The lowest BCUT2D eigenvalue weighted by Gasteiger charge is -2.03. The molecule has 4 aromatic rings. The van der Waals surface area contributed by atoms with Gasteiger partial charge in [0.2, 0.25) is 5.28 Å². The minimum absolute atomic E-state index is 0.248. The quantitative estimate of drug-likeness (QED) is 0.533. The Kier molecular flexibility index (Phi) is 3.46. The topological polar surface area (TPSA) is 61.5 Å². The summed E-state index contributed by atoms with van der Waals surface area (Å²) in [5.74, 6) is 2.06. The molecule has 6 nitrogen and oxygen atoms in total. The van der Waals surface area contributed by atoms with E-state index in [0.717, 1.165) is 16.7 Å². The van der Waals surface area contributed by atoms with Crippen LogP contribution in [-0.2, 0) is 0 Å². The molecule has 0 radical (unpaired) electrons. The lowest BCUT2D eigenvalue weighted by Crippen LogP contribution is -1.95.